The van der Waals surface area contributed by atoms with E-state index in [0.29, 0.717) is 18.4 Å². The van der Waals surface area contributed by atoms with E-state index in [9.17, 15) is 9.59 Å². The minimum absolute atomic E-state index is 0.246. The van der Waals surface area contributed by atoms with Gasteiger partial charge < -0.3 is 0 Å². The van der Waals surface area contributed by atoms with Gasteiger partial charge in [-0.15, -0.1) is 16.4 Å². The third-order valence-corrected chi connectivity index (χ3v) is 5.29. The first-order valence-corrected chi connectivity index (χ1v) is 9.78. The van der Waals surface area contributed by atoms with Crippen LogP contribution in [-0.2, 0) is 11.2 Å². The predicted octanol–water partition coefficient (Wildman–Crippen LogP) is 2.06. The number of hydrogen-bond acceptors (Lipinski definition) is 7. The molecule has 2 aromatic carbocycles. The van der Waals surface area contributed by atoms with E-state index in [-0.39, 0.29) is 5.91 Å². The molecular formula is C19H17N7O2S. The van der Waals surface area contributed by atoms with E-state index in [1.165, 1.54) is 11.0 Å². The summed E-state index contributed by atoms with van der Waals surface area (Å²) in [6, 6.07) is 14.6. The molecule has 0 saturated carbocycles. The molecule has 0 unspecified atom stereocenters. The van der Waals surface area contributed by atoms with E-state index >= 15 is 0 Å². The first kappa shape index (κ1) is 18.7. The number of carbonyl (C=O) groups excluding carboxylic acids is 2. The third kappa shape index (κ3) is 4.61. The molecule has 2 heterocycles. The van der Waals surface area contributed by atoms with Crippen molar-refractivity contribution in [2.45, 2.75) is 19.3 Å². The number of hydrogen-bond donors (Lipinski definition) is 2. The number of aryl methyl sites for hydroxylation is 1. The highest BCUT2D eigenvalue weighted by molar-refractivity contribution is 7.18. The van der Waals surface area contributed by atoms with Crippen LogP contribution in [0.5, 0.6) is 0 Å². The highest BCUT2D eigenvalue weighted by Crippen LogP contribution is 2.22. The van der Waals surface area contributed by atoms with Gasteiger partial charge in [0.2, 0.25) is 5.91 Å². The smallest absolute Gasteiger partial charge is 0.269 e. The van der Waals surface area contributed by atoms with Crippen LogP contribution in [0.15, 0.2) is 54.9 Å². The summed E-state index contributed by atoms with van der Waals surface area (Å²) >= 11 is 1.64. The van der Waals surface area contributed by atoms with E-state index in [4.69, 9.17) is 0 Å². The van der Waals surface area contributed by atoms with Crippen molar-refractivity contribution in [1.82, 2.24) is 36.0 Å². The standard InChI is InChI=1S/C19H17N7O2S/c27-17(6-3-7-18-21-15-4-1-2-5-16(15)29-18)22-23-19(28)13-8-10-14(11-9-13)26-12-20-24-25-26/h1-2,4-5,8-12H,3,6-7H2,(H,22,27)(H,23,28). The van der Waals surface area contributed by atoms with Gasteiger partial charge in [0.1, 0.15) is 6.33 Å². The van der Waals surface area contributed by atoms with Gasteiger partial charge in [0.05, 0.1) is 20.9 Å². The van der Waals surface area contributed by atoms with Gasteiger partial charge in [-0.2, -0.15) is 0 Å². The molecule has 4 aromatic rings. The van der Waals surface area contributed by atoms with Crippen molar-refractivity contribution in [2.24, 2.45) is 0 Å². The van der Waals surface area contributed by atoms with Crippen molar-refractivity contribution in [1.29, 1.82) is 0 Å². The van der Waals surface area contributed by atoms with Crippen LogP contribution in [0.1, 0.15) is 28.2 Å². The Morgan fingerprint density at radius 2 is 1.86 bits per heavy atom. The lowest BCUT2D eigenvalue weighted by atomic mass is 10.2. The summed E-state index contributed by atoms with van der Waals surface area (Å²) in [6.45, 7) is 0. The molecule has 0 radical (unpaired) electrons. The van der Waals surface area contributed by atoms with E-state index in [1.807, 2.05) is 24.3 Å². The molecule has 0 aliphatic carbocycles. The molecule has 2 aromatic heterocycles. The van der Waals surface area contributed by atoms with Crippen LogP contribution >= 0.6 is 11.3 Å². The number of carbonyl (C=O) groups is 2. The third-order valence-electron chi connectivity index (χ3n) is 4.19. The van der Waals surface area contributed by atoms with Gasteiger partial charge in [-0.25, -0.2) is 9.67 Å². The lowest BCUT2D eigenvalue weighted by Crippen LogP contribution is -2.41. The maximum absolute atomic E-state index is 12.2. The fourth-order valence-electron chi connectivity index (χ4n) is 2.73. The second-order valence-corrected chi connectivity index (χ2v) is 7.35. The molecule has 146 valence electrons. The van der Waals surface area contributed by atoms with Gasteiger partial charge >= 0.3 is 0 Å². The molecule has 0 saturated heterocycles. The van der Waals surface area contributed by atoms with Gasteiger partial charge in [0.25, 0.3) is 5.91 Å². The fraction of sp³-hybridized carbons (Fsp3) is 0.158. The first-order chi connectivity index (χ1) is 14.2. The number of tetrazole rings is 1. The molecule has 29 heavy (non-hydrogen) atoms. The van der Waals surface area contributed by atoms with E-state index in [0.717, 1.165) is 27.3 Å². The number of benzene rings is 2. The SMILES string of the molecule is O=C(CCCc1nc2ccccc2s1)NNC(=O)c1ccc(-n2cnnn2)cc1. The molecule has 4 rings (SSSR count). The minimum Gasteiger partial charge on any atom is -0.273 e. The number of para-hydroxylation sites is 1. The van der Waals surface area contributed by atoms with Crippen molar-refractivity contribution in [3.05, 3.63) is 65.4 Å². The summed E-state index contributed by atoms with van der Waals surface area (Å²) in [5.41, 5.74) is 6.99. The van der Waals surface area contributed by atoms with Crippen LogP contribution in [0.4, 0.5) is 0 Å². The summed E-state index contributed by atoms with van der Waals surface area (Å²) in [6.07, 6.45) is 3.14. The van der Waals surface area contributed by atoms with Crippen molar-refractivity contribution in [3.8, 4) is 5.69 Å². The zero-order valence-corrected chi connectivity index (χ0v) is 16.1. The average Bonchev–Trinajstić information content (AvgIpc) is 3.42. The Kier molecular flexibility index (Phi) is 5.52. The molecule has 0 fully saturated rings. The molecule has 0 bridgehead atoms. The number of hydrazine groups is 1. The monoisotopic (exact) mass is 407 g/mol. The molecule has 0 aliphatic rings. The Hall–Kier alpha value is -3.66. The molecule has 0 spiro atoms. The van der Waals surface area contributed by atoms with E-state index in [1.54, 1.807) is 35.6 Å². The Morgan fingerprint density at radius 3 is 2.62 bits per heavy atom. The van der Waals surface area contributed by atoms with Crippen LogP contribution in [0.3, 0.4) is 0 Å². The van der Waals surface area contributed by atoms with Gasteiger partial charge in [0, 0.05) is 12.0 Å². The number of nitrogens with one attached hydrogen (secondary N) is 2. The highest BCUT2D eigenvalue weighted by Gasteiger charge is 2.09. The number of nitrogens with zero attached hydrogens (tertiary/aromatic N) is 5. The second kappa shape index (κ2) is 8.57. The first-order valence-electron chi connectivity index (χ1n) is 8.96. The summed E-state index contributed by atoms with van der Waals surface area (Å²) in [5, 5.41) is 11.9. The molecule has 9 nitrogen and oxygen atoms in total. The largest absolute Gasteiger partial charge is 0.273 e. The molecule has 2 N–H and O–H groups in total. The maximum atomic E-state index is 12.2. The van der Waals surface area contributed by atoms with Crippen LogP contribution in [0, 0.1) is 0 Å². The quantitative estimate of drug-likeness (QED) is 0.473. The fourth-order valence-corrected chi connectivity index (χ4v) is 3.74. The molecule has 10 heteroatoms. The molecular weight excluding hydrogens is 390 g/mol. The summed E-state index contributed by atoms with van der Waals surface area (Å²) < 4.78 is 2.62. The Bertz CT molecular complexity index is 1090. The van der Waals surface area contributed by atoms with Crippen LogP contribution in [-0.4, -0.2) is 37.0 Å². The molecule has 2 amide bonds. The number of fused-ring (bicyclic) bond motifs is 1. The van der Waals surface area contributed by atoms with Crippen molar-refractivity contribution < 1.29 is 9.59 Å². The lowest BCUT2D eigenvalue weighted by Gasteiger charge is -2.07. The topological polar surface area (TPSA) is 115 Å². The lowest BCUT2D eigenvalue weighted by molar-refractivity contribution is -0.121. The van der Waals surface area contributed by atoms with Crippen LogP contribution in [0.2, 0.25) is 0 Å². The molecule has 0 aliphatic heterocycles. The van der Waals surface area contributed by atoms with E-state index < -0.39 is 5.91 Å². The number of rotatable bonds is 6. The zero-order valence-electron chi connectivity index (χ0n) is 15.3. The number of thiazole rings is 1. The Labute approximate surface area is 169 Å². The normalized spacial score (nSPS) is 10.8. The second-order valence-electron chi connectivity index (χ2n) is 6.23. The van der Waals surface area contributed by atoms with Gasteiger partial charge in [0.15, 0.2) is 0 Å². The summed E-state index contributed by atoms with van der Waals surface area (Å²) in [5.74, 6) is -0.641. The average molecular weight is 407 g/mol. The van der Waals surface area contributed by atoms with Crippen molar-refractivity contribution in [2.75, 3.05) is 0 Å². The summed E-state index contributed by atoms with van der Waals surface area (Å²) in [7, 11) is 0. The Morgan fingerprint density at radius 1 is 1.03 bits per heavy atom. The maximum Gasteiger partial charge on any atom is 0.269 e. The van der Waals surface area contributed by atoms with Crippen LogP contribution < -0.4 is 10.9 Å². The van der Waals surface area contributed by atoms with E-state index in [2.05, 4.69) is 31.4 Å². The number of aromatic nitrogens is 5. The van der Waals surface area contributed by atoms with Gasteiger partial charge in [-0.1, -0.05) is 12.1 Å². The highest BCUT2D eigenvalue weighted by atomic mass is 32.1. The van der Waals surface area contributed by atoms with Crippen LogP contribution in [0.25, 0.3) is 15.9 Å². The van der Waals surface area contributed by atoms with Crippen molar-refractivity contribution >= 4 is 33.4 Å². The zero-order chi connectivity index (χ0) is 20.1. The Balaban J connectivity index is 1.22. The molecule has 0 atom stereocenters. The van der Waals surface area contributed by atoms with Gasteiger partial charge in [-0.05, 0) is 59.7 Å². The minimum atomic E-state index is -0.396. The van der Waals surface area contributed by atoms with Crippen molar-refractivity contribution in [3.63, 3.8) is 0 Å². The summed E-state index contributed by atoms with van der Waals surface area (Å²) in [4.78, 5) is 28.7. The van der Waals surface area contributed by atoms with Gasteiger partial charge in [-0.3, -0.25) is 20.4 Å². The number of amides is 2. The predicted molar refractivity (Wildman–Crippen MR) is 107 cm³/mol.